The number of ether oxygens (including phenoxy) is 1. The lowest BCUT2D eigenvalue weighted by Crippen LogP contribution is -2.28. The van der Waals surface area contributed by atoms with Crippen LogP contribution in [0, 0.1) is 6.92 Å². The van der Waals surface area contributed by atoms with Crippen molar-refractivity contribution < 1.29 is 9.53 Å². The van der Waals surface area contributed by atoms with Crippen molar-refractivity contribution in [2.24, 2.45) is 0 Å². The second-order valence-corrected chi connectivity index (χ2v) is 7.57. The average Bonchev–Trinajstić information content (AvgIpc) is 3.52. The molecule has 1 aromatic heterocycles. The largest absolute Gasteiger partial charge is 0.497 e. The van der Waals surface area contributed by atoms with Crippen molar-refractivity contribution >= 4 is 23.3 Å². The molecule has 5 heteroatoms. The summed E-state index contributed by atoms with van der Waals surface area (Å²) < 4.78 is 5.21. The summed E-state index contributed by atoms with van der Waals surface area (Å²) in [7, 11) is 1.63. The van der Waals surface area contributed by atoms with E-state index in [1.165, 1.54) is 0 Å². The lowest BCUT2D eigenvalue weighted by atomic mass is 9.95. The van der Waals surface area contributed by atoms with Crippen LogP contribution in [0.3, 0.4) is 0 Å². The Morgan fingerprint density at radius 2 is 1.71 bits per heavy atom. The van der Waals surface area contributed by atoms with Crippen LogP contribution in [0.5, 0.6) is 5.75 Å². The van der Waals surface area contributed by atoms with Gasteiger partial charge in [-0.25, -0.2) is 4.98 Å². The maximum Gasteiger partial charge on any atom is 0.236 e. The Hall–Kier alpha value is -2.85. The van der Waals surface area contributed by atoms with Gasteiger partial charge in [-0.3, -0.25) is 4.79 Å². The maximum absolute atomic E-state index is 13.0. The van der Waals surface area contributed by atoms with Crippen molar-refractivity contribution in [1.82, 2.24) is 4.98 Å². The number of rotatable bonds is 5. The number of pyridine rings is 1. The van der Waals surface area contributed by atoms with E-state index in [9.17, 15) is 4.79 Å². The third-order valence-electron chi connectivity index (χ3n) is 5.28. The van der Waals surface area contributed by atoms with E-state index in [1.54, 1.807) is 7.11 Å². The molecule has 142 valence electrons. The van der Waals surface area contributed by atoms with Crippen LogP contribution in [-0.4, -0.2) is 18.0 Å². The predicted molar refractivity (Wildman–Crippen MR) is 112 cm³/mol. The van der Waals surface area contributed by atoms with Gasteiger partial charge >= 0.3 is 0 Å². The molecular formula is C23H21ClN2O2. The molecular weight excluding hydrogens is 372 g/mol. The van der Waals surface area contributed by atoms with Gasteiger partial charge in [0.05, 0.1) is 18.2 Å². The fourth-order valence-electron chi connectivity index (χ4n) is 3.42. The SMILES string of the molecule is COc1ccc(C2(C(=O)Nc3ccc(C)c(-c4ccc(Cl)cc4)n3)CC2)cc1. The van der Waals surface area contributed by atoms with Gasteiger partial charge in [-0.1, -0.05) is 41.9 Å². The summed E-state index contributed by atoms with van der Waals surface area (Å²) in [5.74, 6) is 1.32. The molecule has 1 heterocycles. The molecule has 0 spiro atoms. The molecule has 0 aliphatic heterocycles. The van der Waals surface area contributed by atoms with Crippen molar-refractivity contribution in [2.75, 3.05) is 12.4 Å². The summed E-state index contributed by atoms with van der Waals surface area (Å²) in [6.07, 6.45) is 1.67. The zero-order valence-corrected chi connectivity index (χ0v) is 16.6. The van der Waals surface area contributed by atoms with Crippen molar-refractivity contribution in [3.8, 4) is 17.0 Å². The first-order valence-corrected chi connectivity index (χ1v) is 9.59. The van der Waals surface area contributed by atoms with Crippen LogP contribution in [-0.2, 0) is 10.2 Å². The van der Waals surface area contributed by atoms with Crippen LogP contribution in [0.15, 0.2) is 60.7 Å². The predicted octanol–water partition coefficient (Wildman–Crippen LogP) is 5.39. The molecule has 3 aromatic rings. The van der Waals surface area contributed by atoms with Crippen LogP contribution in [0.25, 0.3) is 11.3 Å². The van der Waals surface area contributed by atoms with E-state index in [2.05, 4.69) is 10.3 Å². The summed E-state index contributed by atoms with van der Waals surface area (Å²) in [6.45, 7) is 2.00. The number of benzene rings is 2. The number of aromatic nitrogens is 1. The molecule has 1 amide bonds. The van der Waals surface area contributed by atoms with Crippen LogP contribution < -0.4 is 10.1 Å². The second kappa shape index (κ2) is 7.28. The summed E-state index contributed by atoms with van der Waals surface area (Å²) in [5.41, 5.74) is 3.38. The number of hydrogen-bond donors (Lipinski definition) is 1. The molecule has 2 aromatic carbocycles. The van der Waals surface area contributed by atoms with Crippen LogP contribution >= 0.6 is 11.6 Å². The highest BCUT2D eigenvalue weighted by Gasteiger charge is 2.51. The Labute approximate surface area is 169 Å². The number of aryl methyl sites for hydroxylation is 1. The van der Waals surface area contributed by atoms with Gasteiger partial charge in [-0.2, -0.15) is 0 Å². The molecule has 4 rings (SSSR count). The first kappa shape index (κ1) is 18.5. The number of methoxy groups -OCH3 is 1. The van der Waals surface area contributed by atoms with Crippen molar-refractivity contribution in [3.05, 3.63) is 76.8 Å². The summed E-state index contributed by atoms with van der Waals surface area (Å²) in [4.78, 5) is 17.7. The number of halogens is 1. The first-order chi connectivity index (χ1) is 13.5. The Kier molecular flexibility index (Phi) is 4.82. The highest BCUT2D eigenvalue weighted by Crippen LogP contribution is 2.49. The fraction of sp³-hybridized carbons (Fsp3) is 0.217. The Bertz CT molecular complexity index is 1010. The van der Waals surface area contributed by atoms with Gasteiger partial charge in [0.1, 0.15) is 11.6 Å². The molecule has 0 saturated heterocycles. The number of nitrogens with zero attached hydrogens (tertiary/aromatic N) is 1. The molecule has 0 bridgehead atoms. The van der Waals surface area contributed by atoms with Gasteiger partial charge in [0, 0.05) is 10.6 Å². The summed E-state index contributed by atoms with van der Waals surface area (Å²) >= 11 is 5.99. The van der Waals surface area contributed by atoms with E-state index in [1.807, 2.05) is 67.6 Å². The minimum absolute atomic E-state index is 0.0175. The molecule has 1 aliphatic carbocycles. The third-order valence-corrected chi connectivity index (χ3v) is 5.54. The fourth-order valence-corrected chi connectivity index (χ4v) is 3.54. The van der Waals surface area contributed by atoms with Gasteiger partial charge in [0.15, 0.2) is 0 Å². The van der Waals surface area contributed by atoms with E-state index in [0.717, 1.165) is 41.0 Å². The number of hydrogen-bond acceptors (Lipinski definition) is 3. The lowest BCUT2D eigenvalue weighted by Gasteiger charge is -2.17. The van der Waals surface area contributed by atoms with Gasteiger partial charge in [-0.05, 0) is 61.2 Å². The monoisotopic (exact) mass is 392 g/mol. The smallest absolute Gasteiger partial charge is 0.236 e. The molecule has 1 aliphatic rings. The van der Waals surface area contributed by atoms with Crippen LogP contribution in [0.4, 0.5) is 5.82 Å². The van der Waals surface area contributed by atoms with E-state index >= 15 is 0 Å². The van der Waals surface area contributed by atoms with Gasteiger partial charge in [-0.15, -0.1) is 0 Å². The van der Waals surface area contributed by atoms with E-state index in [0.29, 0.717) is 10.8 Å². The summed E-state index contributed by atoms with van der Waals surface area (Å²) in [6, 6.07) is 19.1. The van der Waals surface area contributed by atoms with Gasteiger partial charge < -0.3 is 10.1 Å². The van der Waals surface area contributed by atoms with Crippen molar-refractivity contribution in [1.29, 1.82) is 0 Å². The topological polar surface area (TPSA) is 51.2 Å². The number of carbonyl (C=O) groups is 1. The molecule has 0 atom stereocenters. The van der Waals surface area contributed by atoms with Gasteiger partial charge in [0.2, 0.25) is 5.91 Å². The Morgan fingerprint density at radius 3 is 2.32 bits per heavy atom. The van der Waals surface area contributed by atoms with Crippen LogP contribution in [0.1, 0.15) is 24.0 Å². The minimum Gasteiger partial charge on any atom is -0.497 e. The quantitative estimate of drug-likeness (QED) is 0.633. The van der Waals surface area contributed by atoms with E-state index < -0.39 is 5.41 Å². The highest BCUT2D eigenvalue weighted by molar-refractivity contribution is 6.30. The maximum atomic E-state index is 13.0. The summed E-state index contributed by atoms with van der Waals surface area (Å²) in [5, 5.41) is 3.69. The Morgan fingerprint density at radius 1 is 1.04 bits per heavy atom. The molecule has 1 saturated carbocycles. The lowest BCUT2D eigenvalue weighted by molar-refractivity contribution is -0.118. The molecule has 0 unspecified atom stereocenters. The third kappa shape index (κ3) is 3.48. The van der Waals surface area contributed by atoms with Gasteiger partial charge in [0.25, 0.3) is 0 Å². The number of anilines is 1. The Balaban J connectivity index is 1.58. The average molecular weight is 393 g/mol. The minimum atomic E-state index is -0.473. The van der Waals surface area contributed by atoms with E-state index in [4.69, 9.17) is 16.3 Å². The number of nitrogens with one attached hydrogen (secondary N) is 1. The standard InChI is InChI=1S/C23H21ClN2O2/c1-15-3-12-20(25-21(15)16-4-8-18(24)9-5-16)26-22(27)23(13-14-23)17-6-10-19(28-2)11-7-17/h3-12H,13-14H2,1-2H3,(H,25,26,27). The highest BCUT2D eigenvalue weighted by atomic mass is 35.5. The molecule has 4 nitrogen and oxygen atoms in total. The van der Waals surface area contributed by atoms with Crippen LogP contribution in [0.2, 0.25) is 5.02 Å². The normalized spacial score (nSPS) is 14.4. The zero-order valence-electron chi connectivity index (χ0n) is 15.8. The van der Waals surface area contributed by atoms with E-state index in [-0.39, 0.29) is 5.91 Å². The number of amides is 1. The first-order valence-electron chi connectivity index (χ1n) is 9.21. The molecule has 1 fully saturated rings. The zero-order chi connectivity index (χ0) is 19.7. The van der Waals surface area contributed by atoms with Crippen molar-refractivity contribution in [3.63, 3.8) is 0 Å². The molecule has 1 N–H and O–H groups in total. The van der Waals surface area contributed by atoms with Crippen molar-refractivity contribution in [2.45, 2.75) is 25.2 Å². The number of carbonyl (C=O) groups excluding carboxylic acids is 1. The second-order valence-electron chi connectivity index (χ2n) is 7.13. The molecule has 28 heavy (non-hydrogen) atoms. The molecule has 0 radical (unpaired) electrons.